The summed E-state index contributed by atoms with van der Waals surface area (Å²) in [6, 6.07) is 7.94. The van der Waals surface area contributed by atoms with E-state index in [4.69, 9.17) is 4.74 Å². The molecular formula is C15H17BrN2O2. The van der Waals surface area contributed by atoms with Crippen LogP contribution in [-0.2, 0) is 9.53 Å². The van der Waals surface area contributed by atoms with Crippen LogP contribution in [0.3, 0.4) is 0 Å². The summed E-state index contributed by atoms with van der Waals surface area (Å²) >= 11 is 3.38. The van der Waals surface area contributed by atoms with Crippen molar-refractivity contribution < 1.29 is 9.53 Å². The first-order valence-electron chi connectivity index (χ1n) is 6.77. The fourth-order valence-electron chi connectivity index (χ4n) is 2.49. The number of carbonyl (C=O) groups excluding carboxylic acids is 1. The van der Waals surface area contributed by atoms with Crippen LogP contribution < -0.4 is 4.90 Å². The third-order valence-electron chi connectivity index (χ3n) is 3.53. The van der Waals surface area contributed by atoms with E-state index in [0.29, 0.717) is 12.2 Å². The first-order valence-corrected chi connectivity index (χ1v) is 7.56. The summed E-state index contributed by atoms with van der Waals surface area (Å²) in [5, 5.41) is 9.21. The number of hydrogen-bond acceptors (Lipinski definition) is 4. The molecule has 20 heavy (non-hydrogen) atoms. The smallest absolute Gasteiger partial charge is 0.309 e. The van der Waals surface area contributed by atoms with E-state index in [9.17, 15) is 10.1 Å². The average Bonchev–Trinajstić information content (AvgIpc) is 2.47. The summed E-state index contributed by atoms with van der Waals surface area (Å²) in [6.07, 6.45) is 1.56. The van der Waals surface area contributed by atoms with E-state index in [1.807, 2.05) is 25.1 Å². The molecule has 0 saturated carbocycles. The zero-order chi connectivity index (χ0) is 14.5. The van der Waals surface area contributed by atoms with E-state index in [0.717, 1.165) is 36.1 Å². The Morgan fingerprint density at radius 2 is 2.20 bits per heavy atom. The van der Waals surface area contributed by atoms with Gasteiger partial charge in [0.2, 0.25) is 0 Å². The Bertz CT molecular complexity index is 531. The number of benzene rings is 1. The molecular weight excluding hydrogens is 320 g/mol. The van der Waals surface area contributed by atoms with Crippen LogP contribution in [0, 0.1) is 17.2 Å². The van der Waals surface area contributed by atoms with E-state index in [1.165, 1.54) is 0 Å². The number of esters is 1. The monoisotopic (exact) mass is 336 g/mol. The predicted molar refractivity (Wildman–Crippen MR) is 80.4 cm³/mol. The molecule has 0 radical (unpaired) electrons. The van der Waals surface area contributed by atoms with Crippen LogP contribution in [0.25, 0.3) is 0 Å². The zero-order valence-electron chi connectivity index (χ0n) is 11.4. The van der Waals surface area contributed by atoms with Crippen molar-refractivity contribution >= 4 is 27.6 Å². The minimum absolute atomic E-state index is 0.00724. The largest absolute Gasteiger partial charge is 0.466 e. The number of rotatable bonds is 3. The second kappa shape index (κ2) is 6.76. The topological polar surface area (TPSA) is 53.3 Å². The summed E-state index contributed by atoms with van der Waals surface area (Å²) in [5.74, 6) is -0.101. The third kappa shape index (κ3) is 3.31. The quantitative estimate of drug-likeness (QED) is 0.796. The average molecular weight is 337 g/mol. The molecule has 1 saturated heterocycles. The molecule has 0 aliphatic carbocycles. The van der Waals surface area contributed by atoms with Crippen molar-refractivity contribution in [1.82, 2.24) is 0 Å². The second-order valence-electron chi connectivity index (χ2n) is 4.79. The Morgan fingerprint density at radius 1 is 1.50 bits per heavy atom. The van der Waals surface area contributed by atoms with Gasteiger partial charge in [-0.05, 0) is 38.0 Å². The Hall–Kier alpha value is -1.54. The van der Waals surface area contributed by atoms with E-state index in [1.54, 1.807) is 0 Å². The van der Waals surface area contributed by atoms with Crippen molar-refractivity contribution in [1.29, 1.82) is 5.26 Å². The van der Waals surface area contributed by atoms with Gasteiger partial charge in [0, 0.05) is 17.6 Å². The first kappa shape index (κ1) is 14.9. The number of carbonyl (C=O) groups is 1. The third-order valence-corrected chi connectivity index (χ3v) is 4.03. The van der Waals surface area contributed by atoms with Gasteiger partial charge in [-0.3, -0.25) is 4.79 Å². The lowest BCUT2D eigenvalue weighted by atomic mass is 9.96. The summed E-state index contributed by atoms with van der Waals surface area (Å²) in [5.41, 5.74) is 1.60. The van der Waals surface area contributed by atoms with Crippen molar-refractivity contribution in [2.75, 3.05) is 24.6 Å². The van der Waals surface area contributed by atoms with Gasteiger partial charge in [-0.1, -0.05) is 15.9 Å². The maximum absolute atomic E-state index is 11.7. The predicted octanol–water partition coefficient (Wildman–Crippen LogP) is 3.10. The number of nitriles is 1. The molecule has 1 aromatic rings. The van der Waals surface area contributed by atoms with Crippen LogP contribution in [-0.4, -0.2) is 25.7 Å². The standard InChI is InChI=1S/C15H17BrN2O2/c1-2-20-15(19)11-5-7-18(8-6-11)14-4-3-13(16)9-12(14)10-17/h3-4,9,11H,2,5-8H2,1H3. The number of anilines is 1. The summed E-state index contributed by atoms with van der Waals surface area (Å²) in [6.45, 7) is 3.82. The molecule has 0 N–H and O–H groups in total. The molecule has 0 aromatic heterocycles. The second-order valence-corrected chi connectivity index (χ2v) is 5.70. The van der Waals surface area contributed by atoms with E-state index in [2.05, 4.69) is 26.9 Å². The van der Waals surface area contributed by atoms with Gasteiger partial charge < -0.3 is 9.64 Å². The Labute approximate surface area is 127 Å². The first-order chi connectivity index (χ1) is 9.65. The van der Waals surface area contributed by atoms with Crippen LogP contribution in [0.4, 0.5) is 5.69 Å². The molecule has 1 aliphatic heterocycles. The molecule has 106 valence electrons. The molecule has 4 nitrogen and oxygen atoms in total. The minimum Gasteiger partial charge on any atom is -0.466 e. The molecule has 5 heteroatoms. The molecule has 0 unspecified atom stereocenters. The molecule has 2 rings (SSSR count). The van der Waals surface area contributed by atoms with Crippen molar-refractivity contribution in [2.24, 2.45) is 5.92 Å². The van der Waals surface area contributed by atoms with Gasteiger partial charge in [0.1, 0.15) is 6.07 Å². The molecule has 0 bridgehead atoms. The lowest BCUT2D eigenvalue weighted by molar-refractivity contribution is -0.148. The summed E-state index contributed by atoms with van der Waals surface area (Å²) < 4.78 is 5.97. The highest BCUT2D eigenvalue weighted by molar-refractivity contribution is 9.10. The van der Waals surface area contributed by atoms with Crippen molar-refractivity contribution in [3.8, 4) is 6.07 Å². The van der Waals surface area contributed by atoms with Crippen molar-refractivity contribution in [3.05, 3.63) is 28.2 Å². The van der Waals surface area contributed by atoms with Gasteiger partial charge >= 0.3 is 5.97 Å². The van der Waals surface area contributed by atoms with Gasteiger partial charge in [0.25, 0.3) is 0 Å². The van der Waals surface area contributed by atoms with Crippen molar-refractivity contribution in [2.45, 2.75) is 19.8 Å². The summed E-state index contributed by atoms with van der Waals surface area (Å²) in [4.78, 5) is 13.9. The number of hydrogen-bond donors (Lipinski definition) is 0. The van der Waals surface area contributed by atoms with Crippen LogP contribution in [0.15, 0.2) is 22.7 Å². The zero-order valence-corrected chi connectivity index (χ0v) is 13.0. The molecule has 0 atom stereocenters. The van der Waals surface area contributed by atoms with E-state index < -0.39 is 0 Å². The lowest BCUT2D eigenvalue weighted by Gasteiger charge is -2.33. The van der Waals surface area contributed by atoms with Gasteiger partial charge in [0.15, 0.2) is 0 Å². The maximum Gasteiger partial charge on any atom is 0.309 e. The highest BCUT2D eigenvalue weighted by Crippen LogP contribution is 2.28. The van der Waals surface area contributed by atoms with Crippen LogP contribution in [0.1, 0.15) is 25.3 Å². The van der Waals surface area contributed by atoms with Gasteiger partial charge in [-0.15, -0.1) is 0 Å². The molecule has 0 amide bonds. The molecule has 1 aromatic carbocycles. The molecule has 1 aliphatic rings. The minimum atomic E-state index is -0.0940. The molecule has 1 fully saturated rings. The Morgan fingerprint density at radius 3 is 2.80 bits per heavy atom. The van der Waals surface area contributed by atoms with Gasteiger partial charge in [-0.25, -0.2) is 0 Å². The Kier molecular flexibility index (Phi) is 5.02. The number of halogens is 1. The van der Waals surface area contributed by atoms with Crippen LogP contribution in [0.5, 0.6) is 0 Å². The van der Waals surface area contributed by atoms with Gasteiger partial charge in [-0.2, -0.15) is 5.26 Å². The van der Waals surface area contributed by atoms with Crippen molar-refractivity contribution in [3.63, 3.8) is 0 Å². The fraction of sp³-hybridized carbons (Fsp3) is 0.467. The summed E-state index contributed by atoms with van der Waals surface area (Å²) in [7, 11) is 0. The van der Waals surface area contributed by atoms with Crippen LogP contribution in [0.2, 0.25) is 0 Å². The normalized spacial score (nSPS) is 15.8. The molecule has 1 heterocycles. The Balaban J connectivity index is 2.04. The number of ether oxygens (including phenoxy) is 1. The number of nitrogens with zero attached hydrogens (tertiary/aromatic N) is 2. The van der Waals surface area contributed by atoms with Crippen LogP contribution >= 0.6 is 15.9 Å². The lowest BCUT2D eigenvalue weighted by Crippen LogP contribution is -2.37. The highest BCUT2D eigenvalue weighted by Gasteiger charge is 2.26. The highest BCUT2D eigenvalue weighted by atomic mass is 79.9. The molecule has 0 spiro atoms. The van der Waals surface area contributed by atoms with Gasteiger partial charge in [0.05, 0.1) is 23.8 Å². The SMILES string of the molecule is CCOC(=O)C1CCN(c2ccc(Br)cc2C#N)CC1. The maximum atomic E-state index is 11.7. The number of piperidine rings is 1. The van der Waals surface area contributed by atoms with E-state index >= 15 is 0 Å². The fourth-order valence-corrected chi connectivity index (χ4v) is 2.85. The van der Waals surface area contributed by atoms with E-state index in [-0.39, 0.29) is 11.9 Å².